The van der Waals surface area contributed by atoms with Gasteiger partial charge in [0.1, 0.15) is 12.0 Å². The zero-order chi connectivity index (χ0) is 25.7. The number of carbonyl (C=O) groups is 5. The average molecular weight is 524 g/mol. The Kier molecular flexibility index (Phi) is 7.87. The number of aliphatic carboxylic acids is 1. The number of thiophene rings is 2. The summed E-state index contributed by atoms with van der Waals surface area (Å²) >= 11 is 2.57. The number of ketones is 2. The van der Waals surface area contributed by atoms with Crippen molar-refractivity contribution in [2.75, 3.05) is 11.9 Å². The van der Waals surface area contributed by atoms with Crippen molar-refractivity contribution >= 4 is 78.3 Å². The van der Waals surface area contributed by atoms with Crippen molar-refractivity contribution in [2.45, 2.75) is 25.7 Å². The van der Waals surface area contributed by atoms with Crippen molar-refractivity contribution in [3.8, 4) is 5.75 Å². The SMILES string of the molecule is O=CCCC(=O)c1cc2ccc(NC(=O)COc3ccc4cc(C(=O)CCC(=O)O)sc4c3)cc2s1. The lowest BCUT2D eigenvalue weighted by molar-refractivity contribution is -0.137. The highest BCUT2D eigenvalue weighted by Gasteiger charge is 2.14. The predicted octanol–water partition coefficient (Wildman–Crippen LogP) is 5.34. The first-order valence-corrected chi connectivity index (χ1v) is 12.7. The summed E-state index contributed by atoms with van der Waals surface area (Å²) < 4.78 is 7.27. The van der Waals surface area contributed by atoms with E-state index in [9.17, 15) is 24.0 Å². The highest BCUT2D eigenvalue weighted by molar-refractivity contribution is 7.21. The Hall–Kier alpha value is -3.89. The zero-order valence-electron chi connectivity index (χ0n) is 18.9. The van der Waals surface area contributed by atoms with E-state index in [2.05, 4.69) is 5.32 Å². The third-order valence-corrected chi connectivity index (χ3v) is 7.55. The summed E-state index contributed by atoms with van der Waals surface area (Å²) in [7, 11) is 0. The first kappa shape index (κ1) is 25.2. The number of carboxylic acid groups (broad SMARTS) is 1. The molecule has 184 valence electrons. The molecule has 0 saturated heterocycles. The lowest BCUT2D eigenvalue weighted by atomic mass is 10.1. The van der Waals surface area contributed by atoms with E-state index in [1.165, 1.54) is 22.7 Å². The quantitative estimate of drug-likeness (QED) is 0.189. The molecule has 36 heavy (non-hydrogen) atoms. The maximum Gasteiger partial charge on any atom is 0.303 e. The fraction of sp³-hybridized carbons (Fsp3) is 0.192. The molecule has 1 amide bonds. The van der Waals surface area contributed by atoms with Gasteiger partial charge < -0.3 is 20.0 Å². The van der Waals surface area contributed by atoms with E-state index in [-0.39, 0.29) is 49.8 Å². The summed E-state index contributed by atoms with van der Waals surface area (Å²) in [5.74, 6) is -1.21. The number of fused-ring (bicyclic) bond motifs is 2. The van der Waals surface area contributed by atoms with Gasteiger partial charge in [-0.2, -0.15) is 0 Å². The second kappa shape index (κ2) is 11.2. The fourth-order valence-electron chi connectivity index (χ4n) is 3.49. The monoisotopic (exact) mass is 523 g/mol. The molecule has 0 spiro atoms. The molecule has 2 aromatic heterocycles. The lowest BCUT2D eigenvalue weighted by Crippen LogP contribution is -2.20. The summed E-state index contributed by atoms with van der Waals surface area (Å²) in [5.41, 5.74) is 0.572. The molecule has 0 radical (unpaired) electrons. The number of rotatable bonds is 12. The summed E-state index contributed by atoms with van der Waals surface area (Å²) in [6.45, 7) is -0.223. The summed E-state index contributed by atoms with van der Waals surface area (Å²) in [6.07, 6.45) is 0.830. The highest BCUT2D eigenvalue weighted by Crippen LogP contribution is 2.31. The van der Waals surface area contributed by atoms with Crippen LogP contribution in [0.4, 0.5) is 5.69 Å². The van der Waals surface area contributed by atoms with E-state index in [0.29, 0.717) is 21.2 Å². The molecular weight excluding hydrogens is 502 g/mol. The standard InChI is InChI=1S/C26H21NO7S2/c28-9-1-2-19(29)23-10-15-3-5-17(12-21(15)35-23)27-25(31)14-34-18-6-4-16-11-24(36-22(16)13-18)20(30)7-8-26(32)33/h3-6,9-13H,1-2,7-8,14H2,(H,27,31)(H,32,33). The Bertz CT molecular complexity index is 1480. The van der Waals surface area contributed by atoms with Crippen molar-refractivity contribution < 1.29 is 33.8 Å². The molecule has 0 aliphatic carbocycles. The molecule has 2 aromatic carbocycles. The van der Waals surface area contributed by atoms with E-state index in [1.807, 2.05) is 6.07 Å². The van der Waals surface area contributed by atoms with Gasteiger partial charge >= 0.3 is 5.97 Å². The number of ether oxygens (including phenoxy) is 1. The topological polar surface area (TPSA) is 127 Å². The van der Waals surface area contributed by atoms with Crippen LogP contribution in [0.3, 0.4) is 0 Å². The van der Waals surface area contributed by atoms with Gasteiger partial charge in [-0.05, 0) is 53.2 Å². The van der Waals surface area contributed by atoms with Crippen LogP contribution in [0.1, 0.15) is 45.0 Å². The number of benzene rings is 2. The molecule has 0 bridgehead atoms. The number of hydrogen-bond acceptors (Lipinski definition) is 8. The number of anilines is 1. The maximum atomic E-state index is 12.4. The van der Waals surface area contributed by atoms with Crippen molar-refractivity contribution in [2.24, 2.45) is 0 Å². The van der Waals surface area contributed by atoms with Gasteiger partial charge in [-0.15, -0.1) is 22.7 Å². The van der Waals surface area contributed by atoms with Crippen molar-refractivity contribution in [3.05, 3.63) is 58.3 Å². The largest absolute Gasteiger partial charge is 0.484 e. The smallest absolute Gasteiger partial charge is 0.303 e. The minimum Gasteiger partial charge on any atom is -0.484 e. The molecule has 4 aromatic rings. The molecule has 0 unspecified atom stereocenters. The molecule has 0 aliphatic rings. The van der Waals surface area contributed by atoms with Crippen LogP contribution in [-0.4, -0.2) is 41.4 Å². The second-order valence-electron chi connectivity index (χ2n) is 7.96. The first-order chi connectivity index (χ1) is 17.3. The van der Waals surface area contributed by atoms with Crippen LogP contribution in [0.5, 0.6) is 5.75 Å². The molecule has 4 rings (SSSR count). The number of hydrogen-bond donors (Lipinski definition) is 2. The number of nitrogens with one attached hydrogen (secondary N) is 1. The van der Waals surface area contributed by atoms with Crippen molar-refractivity contribution in [1.82, 2.24) is 0 Å². The van der Waals surface area contributed by atoms with Gasteiger partial charge in [-0.25, -0.2) is 0 Å². The van der Waals surface area contributed by atoms with Crippen LogP contribution in [0.2, 0.25) is 0 Å². The number of aldehydes is 1. The first-order valence-electron chi connectivity index (χ1n) is 11.0. The Morgan fingerprint density at radius 1 is 0.833 bits per heavy atom. The van der Waals surface area contributed by atoms with E-state index in [1.54, 1.807) is 42.5 Å². The molecule has 8 nitrogen and oxygen atoms in total. The minimum atomic E-state index is -1.01. The molecule has 0 saturated carbocycles. The van der Waals surface area contributed by atoms with Gasteiger partial charge in [-0.1, -0.05) is 6.07 Å². The normalized spacial score (nSPS) is 10.9. The second-order valence-corrected chi connectivity index (χ2v) is 10.1. The third-order valence-electron chi connectivity index (χ3n) is 5.27. The van der Waals surface area contributed by atoms with Crippen LogP contribution in [-0.2, 0) is 14.4 Å². The van der Waals surface area contributed by atoms with E-state index < -0.39 is 5.97 Å². The van der Waals surface area contributed by atoms with Crippen LogP contribution >= 0.6 is 22.7 Å². The van der Waals surface area contributed by atoms with E-state index >= 15 is 0 Å². The van der Waals surface area contributed by atoms with Crippen molar-refractivity contribution in [3.63, 3.8) is 0 Å². The van der Waals surface area contributed by atoms with Crippen LogP contribution in [0.25, 0.3) is 20.2 Å². The van der Waals surface area contributed by atoms with E-state index in [0.717, 1.165) is 26.5 Å². The number of carbonyl (C=O) groups excluding carboxylic acids is 4. The zero-order valence-corrected chi connectivity index (χ0v) is 20.6. The van der Waals surface area contributed by atoms with E-state index in [4.69, 9.17) is 9.84 Å². The molecule has 10 heteroatoms. The summed E-state index contributed by atoms with van der Waals surface area (Å²) in [4.78, 5) is 59.0. The van der Waals surface area contributed by atoms with Gasteiger partial charge in [0.05, 0.1) is 16.2 Å². The van der Waals surface area contributed by atoms with Crippen molar-refractivity contribution in [1.29, 1.82) is 0 Å². The van der Waals surface area contributed by atoms with Gasteiger partial charge in [-0.3, -0.25) is 19.2 Å². The molecule has 0 aliphatic heterocycles. The molecule has 0 atom stereocenters. The third kappa shape index (κ3) is 6.21. The Morgan fingerprint density at radius 2 is 1.47 bits per heavy atom. The molecule has 2 heterocycles. The summed E-state index contributed by atoms with van der Waals surface area (Å²) in [5, 5.41) is 13.3. The highest BCUT2D eigenvalue weighted by atomic mass is 32.1. The fourth-order valence-corrected chi connectivity index (χ4v) is 5.62. The maximum absolute atomic E-state index is 12.4. The van der Waals surface area contributed by atoms with Gasteiger partial charge in [0, 0.05) is 34.3 Å². The van der Waals surface area contributed by atoms with Gasteiger partial charge in [0.25, 0.3) is 5.91 Å². The molecule has 2 N–H and O–H groups in total. The van der Waals surface area contributed by atoms with Crippen LogP contribution in [0.15, 0.2) is 48.5 Å². The molecule has 0 fully saturated rings. The van der Waals surface area contributed by atoms with Gasteiger partial charge in [0.15, 0.2) is 18.2 Å². The lowest BCUT2D eigenvalue weighted by Gasteiger charge is -2.08. The Morgan fingerprint density at radius 3 is 2.14 bits per heavy atom. The average Bonchev–Trinajstić information content (AvgIpc) is 3.48. The minimum absolute atomic E-state index is 0.0548. The molecular formula is C26H21NO7S2. The van der Waals surface area contributed by atoms with Crippen LogP contribution < -0.4 is 10.1 Å². The van der Waals surface area contributed by atoms with Crippen LogP contribution in [0, 0.1) is 0 Å². The Labute approximate surface area is 213 Å². The predicted molar refractivity (Wildman–Crippen MR) is 139 cm³/mol. The van der Waals surface area contributed by atoms with Gasteiger partial charge in [0.2, 0.25) is 0 Å². The number of amides is 1. The summed E-state index contributed by atoms with van der Waals surface area (Å²) in [6, 6.07) is 14.1. The number of Topliss-reactive ketones (excluding diaryl/α,β-unsaturated/α-hetero) is 2. The Balaban J connectivity index is 1.36. The number of carboxylic acids is 1.